The van der Waals surface area contributed by atoms with Crippen LogP contribution in [0.2, 0.25) is 0 Å². The molecule has 1 amide bonds. The number of anilines is 1. The van der Waals surface area contributed by atoms with E-state index in [1.807, 2.05) is 26.8 Å². The van der Waals surface area contributed by atoms with Gasteiger partial charge in [0, 0.05) is 36.9 Å². The fraction of sp³-hybridized carbons (Fsp3) is 0.640. The van der Waals surface area contributed by atoms with Crippen molar-refractivity contribution in [1.82, 2.24) is 10.2 Å². The van der Waals surface area contributed by atoms with Gasteiger partial charge >= 0.3 is 18.0 Å². The van der Waals surface area contributed by atoms with Crippen molar-refractivity contribution < 1.29 is 29.3 Å². The lowest BCUT2D eigenvalue weighted by Crippen LogP contribution is -2.57. The van der Waals surface area contributed by atoms with Crippen molar-refractivity contribution in [2.45, 2.75) is 76.6 Å². The molecular formula is C25H38N4O6. The van der Waals surface area contributed by atoms with E-state index in [4.69, 9.17) is 10.5 Å². The monoisotopic (exact) mass is 490 g/mol. The predicted octanol–water partition coefficient (Wildman–Crippen LogP) is 2.36. The summed E-state index contributed by atoms with van der Waals surface area (Å²) in [4.78, 5) is 40.8. The van der Waals surface area contributed by atoms with Crippen LogP contribution in [0, 0.1) is 0 Å². The van der Waals surface area contributed by atoms with Gasteiger partial charge in [0.05, 0.1) is 5.54 Å². The molecule has 2 aliphatic heterocycles. The molecule has 2 saturated heterocycles. The third-order valence-corrected chi connectivity index (χ3v) is 6.75. The Kier molecular flexibility index (Phi) is 7.96. The molecule has 2 heterocycles. The first-order valence-corrected chi connectivity index (χ1v) is 12.1. The molecule has 10 nitrogen and oxygen atoms in total. The van der Waals surface area contributed by atoms with E-state index in [1.54, 1.807) is 17.0 Å². The molecule has 0 saturated carbocycles. The quantitative estimate of drug-likeness (QED) is 0.423. The minimum atomic E-state index is -1.73. The van der Waals surface area contributed by atoms with Crippen LogP contribution in [-0.2, 0) is 20.9 Å². The minimum absolute atomic E-state index is 0.0468. The van der Waals surface area contributed by atoms with Crippen LogP contribution in [0.4, 0.5) is 10.5 Å². The van der Waals surface area contributed by atoms with E-state index in [9.17, 15) is 24.6 Å². The second-order valence-electron chi connectivity index (χ2n) is 10.7. The third kappa shape index (κ3) is 6.05. The SMILES string of the molecule is CC(C)(C)OC(=O)N1CCC(C)(N(c2ccc(CN)cc2C(C(=O)O)C(=O)O)C2CCNCC2)C1. The summed E-state index contributed by atoms with van der Waals surface area (Å²) in [5, 5.41) is 23.0. The number of ether oxygens (including phenoxy) is 1. The molecule has 1 unspecified atom stereocenters. The van der Waals surface area contributed by atoms with Crippen molar-refractivity contribution in [2.75, 3.05) is 31.1 Å². The highest BCUT2D eigenvalue weighted by molar-refractivity contribution is 6.00. The van der Waals surface area contributed by atoms with Gasteiger partial charge in [-0.25, -0.2) is 4.79 Å². The number of nitrogens with zero attached hydrogens (tertiary/aromatic N) is 2. The van der Waals surface area contributed by atoms with E-state index in [-0.39, 0.29) is 24.2 Å². The molecule has 2 aliphatic rings. The van der Waals surface area contributed by atoms with E-state index < -0.39 is 29.0 Å². The molecule has 1 atom stereocenters. The number of nitrogens with one attached hydrogen (secondary N) is 1. The molecule has 1 aromatic carbocycles. The largest absolute Gasteiger partial charge is 0.480 e. The van der Waals surface area contributed by atoms with E-state index in [0.29, 0.717) is 30.8 Å². The van der Waals surface area contributed by atoms with Gasteiger partial charge in [-0.15, -0.1) is 0 Å². The first-order valence-electron chi connectivity index (χ1n) is 12.1. The summed E-state index contributed by atoms with van der Waals surface area (Å²) in [6.07, 6.45) is 1.87. The normalized spacial score (nSPS) is 21.3. The van der Waals surface area contributed by atoms with Gasteiger partial charge in [0.2, 0.25) is 0 Å². The Morgan fingerprint density at radius 3 is 2.40 bits per heavy atom. The second kappa shape index (κ2) is 10.4. The van der Waals surface area contributed by atoms with Gasteiger partial charge < -0.3 is 35.8 Å². The number of benzene rings is 1. The Bertz CT molecular complexity index is 942. The second-order valence-corrected chi connectivity index (χ2v) is 10.7. The number of rotatable bonds is 7. The number of carboxylic acids is 2. The van der Waals surface area contributed by atoms with Crippen LogP contribution in [0.1, 0.15) is 64.0 Å². The maximum Gasteiger partial charge on any atom is 0.410 e. The molecule has 0 bridgehead atoms. The van der Waals surface area contributed by atoms with Crippen molar-refractivity contribution >= 4 is 23.7 Å². The van der Waals surface area contributed by atoms with Crippen LogP contribution >= 0.6 is 0 Å². The summed E-state index contributed by atoms with van der Waals surface area (Å²) in [5.74, 6) is -4.58. The molecule has 2 fully saturated rings. The molecule has 10 heteroatoms. The van der Waals surface area contributed by atoms with Crippen molar-refractivity contribution in [3.05, 3.63) is 29.3 Å². The fourth-order valence-electron chi connectivity index (χ4n) is 5.17. The Morgan fingerprint density at radius 2 is 1.86 bits per heavy atom. The summed E-state index contributed by atoms with van der Waals surface area (Å²) in [6, 6.07) is 5.25. The zero-order valence-corrected chi connectivity index (χ0v) is 21.0. The summed E-state index contributed by atoms with van der Waals surface area (Å²) >= 11 is 0. The zero-order valence-electron chi connectivity index (χ0n) is 21.0. The molecule has 0 spiro atoms. The van der Waals surface area contributed by atoms with E-state index in [0.717, 1.165) is 25.9 Å². The third-order valence-electron chi connectivity index (χ3n) is 6.75. The van der Waals surface area contributed by atoms with Crippen molar-refractivity contribution in [3.63, 3.8) is 0 Å². The molecule has 3 rings (SSSR count). The molecule has 0 aliphatic carbocycles. The maximum atomic E-state index is 12.8. The number of carboxylic acid groups (broad SMARTS) is 2. The molecule has 5 N–H and O–H groups in total. The summed E-state index contributed by atoms with van der Waals surface area (Å²) < 4.78 is 5.59. The van der Waals surface area contributed by atoms with Gasteiger partial charge in [0.1, 0.15) is 5.60 Å². The Hall–Kier alpha value is -2.85. The van der Waals surface area contributed by atoms with Gasteiger partial charge in [-0.2, -0.15) is 0 Å². The Morgan fingerprint density at radius 1 is 1.23 bits per heavy atom. The number of piperidine rings is 1. The van der Waals surface area contributed by atoms with Gasteiger partial charge in [-0.1, -0.05) is 12.1 Å². The smallest absolute Gasteiger partial charge is 0.410 e. The highest BCUT2D eigenvalue weighted by atomic mass is 16.6. The van der Waals surface area contributed by atoms with Gasteiger partial charge in [0.25, 0.3) is 0 Å². The van der Waals surface area contributed by atoms with Crippen LogP contribution in [-0.4, -0.2) is 76.5 Å². The predicted molar refractivity (Wildman–Crippen MR) is 132 cm³/mol. The van der Waals surface area contributed by atoms with Gasteiger partial charge in [-0.05, 0) is 71.7 Å². The lowest BCUT2D eigenvalue weighted by molar-refractivity contribution is -0.150. The minimum Gasteiger partial charge on any atom is -0.480 e. The average Bonchev–Trinajstić information content (AvgIpc) is 3.17. The average molecular weight is 491 g/mol. The topological polar surface area (TPSA) is 145 Å². The number of hydrogen-bond donors (Lipinski definition) is 4. The van der Waals surface area contributed by atoms with Crippen LogP contribution < -0.4 is 16.0 Å². The molecule has 0 aromatic heterocycles. The van der Waals surface area contributed by atoms with Crippen LogP contribution in [0.5, 0.6) is 0 Å². The van der Waals surface area contributed by atoms with Crippen LogP contribution in [0.15, 0.2) is 18.2 Å². The number of aliphatic carboxylic acids is 2. The van der Waals surface area contributed by atoms with E-state index >= 15 is 0 Å². The van der Waals surface area contributed by atoms with Crippen LogP contribution in [0.3, 0.4) is 0 Å². The molecular weight excluding hydrogens is 452 g/mol. The first-order chi connectivity index (χ1) is 16.4. The number of likely N-dealkylation sites (tertiary alicyclic amines) is 1. The Balaban J connectivity index is 2.08. The van der Waals surface area contributed by atoms with Crippen molar-refractivity contribution in [2.24, 2.45) is 5.73 Å². The number of carbonyl (C=O) groups excluding carboxylic acids is 1. The van der Waals surface area contributed by atoms with Crippen molar-refractivity contribution in [1.29, 1.82) is 0 Å². The fourth-order valence-corrected chi connectivity index (χ4v) is 5.17. The van der Waals surface area contributed by atoms with E-state index in [2.05, 4.69) is 17.1 Å². The molecule has 1 aromatic rings. The highest BCUT2D eigenvalue weighted by Crippen LogP contribution is 2.41. The number of carbonyl (C=O) groups is 3. The summed E-state index contributed by atoms with van der Waals surface area (Å²) in [6.45, 7) is 10.2. The maximum absolute atomic E-state index is 12.8. The lowest BCUT2D eigenvalue weighted by atomic mass is 9.88. The number of hydrogen-bond acceptors (Lipinski definition) is 7. The molecule has 35 heavy (non-hydrogen) atoms. The zero-order chi connectivity index (χ0) is 26.0. The first kappa shape index (κ1) is 26.7. The Labute approximate surface area is 206 Å². The van der Waals surface area contributed by atoms with E-state index in [1.165, 1.54) is 0 Å². The van der Waals surface area contributed by atoms with Gasteiger partial charge in [0.15, 0.2) is 5.92 Å². The highest BCUT2D eigenvalue weighted by Gasteiger charge is 2.46. The molecule has 194 valence electrons. The van der Waals surface area contributed by atoms with Crippen molar-refractivity contribution in [3.8, 4) is 0 Å². The number of nitrogens with two attached hydrogens (primary N) is 1. The van der Waals surface area contributed by atoms with Gasteiger partial charge in [-0.3, -0.25) is 9.59 Å². The van der Waals surface area contributed by atoms with Crippen LogP contribution in [0.25, 0.3) is 0 Å². The summed E-state index contributed by atoms with van der Waals surface area (Å²) in [5.41, 5.74) is 6.09. The molecule has 0 radical (unpaired) electrons. The summed E-state index contributed by atoms with van der Waals surface area (Å²) in [7, 11) is 0. The standard InChI is InChI=1S/C25H38N4O6/c1-24(2,3)35-23(34)28-12-9-25(4,15-28)29(17-7-10-27-11-8-17)19-6-5-16(14-26)13-18(19)20(21(30)31)22(32)33/h5-6,13,17,20,27H,7-12,14-15,26H2,1-4H3,(H,30,31)(H,32,33). The number of amides is 1. The lowest BCUT2D eigenvalue weighted by Gasteiger charge is -2.48.